The molecule has 2 aliphatic heterocycles. The van der Waals surface area contributed by atoms with E-state index in [1.165, 1.54) is 73.5 Å². The summed E-state index contributed by atoms with van der Waals surface area (Å²) in [6, 6.07) is 3.41. The average Bonchev–Trinajstić information content (AvgIpc) is 1.68. The molecular weight excluding hydrogens is 1830 g/mol. The average molecular weight is 1960 g/mol. The molecule has 1 aromatic heterocycles. The number of rotatable bonds is 43. The minimum atomic E-state index is -2.09. The quantitative estimate of drug-likeness (QED) is 0.0161. The lowest BCUT2D eigenvalue weighted by molar-refractivity contribution is -0.140. The number of H-pyrrole nitrogens is 1. The third-order valence-corrected chi connectivity index (χ3v) is 23.1. The van der Waals surface area contributed by atoms with Gasteiger partial charge in [-0.15, -0.1) is 0 Å². The van der Waals surface area contributed by atoms with Crippen LogP contribution in [0, 0.1) is 11.8 Å². The molecule has 16 unspecified atom stereocenters. The van der Waals surface area contributed by atoms with Crippen LogP contribution >= 0.6 is 0 Å². The van der Waals surface area contributed by atoms with Crippen molar-refractivity contribution in [2.24, 2.45) is 23.3 Å². The van der Waals surface area contributed by atoms with Crippen molar-refractivity contribution in [2.45, 2.75) is 229 Å². The summed E-state index contributed by atoms with van der Waals surface area (Å²) in [7, 11) is 0. The number of phenolic OH excluding ortho intramolecular Hbond substituents is 2. The fourth-order valence-corrected chi connectivity index (χ4v) is 15.1. The Labute approximate surface area is 804 Å². The van der Waals surface area contributed by atoms with E-state index in [0.29, 0.717) is 52.4 Å². The lowest BCUT2D eigenvalue weighted by Crippen LogP contribution is -2.63. The van der Waals surface area contributed by atoms with E-state index in [0.717, 1.165) is 13.8 Å². The fourth-order valence-electron chi connectivity index (χ4n) is 15.1. The van der Waals surface area contributed by atoms with E-state index in [2.05, 4.69) is 95.4 Å². The number of nitrogens with one attached hydrogen (secondary N) is 18. The Morgan fingerprint density at radius 2 is 1.04 bits per heavy atom. The predicted molar refractivity (Wildman–Crippen MR) is 497 cm³/mol. The highest BCUT2D eigenvalue weighted by molar-refractivity contribution is 6.02. The van der Waals surface area contributed by atoms with Crippen molar-refractivity contribution in [3.63, 3.8) is 0 Å². The van der Waals surface area contributed by atoms with Crippen LogP contribution in [0.25, 0.3) is 10.9 Å². The molecule has 7 rings (SSSR count). The van der Waals surface area contributed by atoms with Crippen molar-refractivity contribution in [3.8, 4) is 11.5 Å². The van der Waals surface area contributed by atoms with Crippen molar-refractivity contribution in [1.29, 1.82) is 0 Å². The zero-order valence-corrected chi connectivity index (χ0v) is 78.1. The number of para-hydroxylation sites is 1. The van der Waals surface area contributed by atoms with Gasteiger partial charge in [0.15, 0.2) is 0 Å². The summed E-state index contributed by atoms with van der Waals surface area (Å²) in [6.45, 7) is 4.61. The Morgan fingerprint density at radius 3 is 1.64 bits per heavy atom. The first kappa shape index (κ1) is 112. The number of hydrogen-bond donors (Lipinski definition) is 26. The highest BCUT2D eigenvalue weighted by atomic mass is 16.4. The molecule has 0 bridgehead atoms. The molecule has 4 aromatic carbocycles. The number of aromatic nitrogens is 1. The molecule has 19 amide bonds. The third-order valence-electron chi connectivity index (χ3n) is 23.1. The number of amides is 19. The molecule has 2 fully saturated rings. The fraction of sp³-hybridized carbons (Fsp3) is 0.489. The van der Waals surface area contributed by atoms with Gasteiger partial charge in [0.05, 0.1) is 44.8 Å². The summed E-state index contributed by atoms with van der Waals surface area (Å²) < 4.78 is 0. The number of aliphatic hydroxyl groups is 2. The standard InChI is InChI=1S/C92H125N21O27/c1-7-48(4)77-90(138)107-64(36-51-16-9-8-10-17-51)84(132)103-61(30-32-69(119)96-42-70(120)97-43-71(121)101-59(20-13-14-34-93)80(128)99-45-73(123)113-35-15-21-67(113)88(136)110-77)83(131)111-78(49(5)114)92(140)108-65(39-54-41-95-58-19-12-11-18-57(54)58)87(135)109-76(47(2)3)89(137)112-79(50(6)115)91(139)104-60(31-33-74(124)125)81(129)98-44-72(122)102-66(40-68(94)118)86(134)106-63(38-53-24-28-56(117)29-25-53)85(133)105-62(82(130)100-46-75(126)127)37-52-22-26-55(116)27-23-52/h8-12,16-19,22-29,41,47-50,59-67,76-79,95,114-117H,7,13-15,20-21,30-40,42-46,93H2,1-6H3,(H2,94,118)(H,96,119)(H,97,120)(H,98,129)(H,99,128)(H,100,130)(H,101,121)(H,102,122)(H,103,132)(H,104,139)(H,105,133)(H,106,134)(H,107,138)(H,108,140)(H,109,135)(H,110,136)(H,111,131)(H,112,137)(H,124,125)(H,126,127). The highest BCUT2D eigenvalue weighted by Crippen LogP contribution is 2.24. The number of carbonyl (C=O) groups excluding carboxylic acids is 19. The van der Waals surface area contributed by atoms with Crippen LogP contribution < -0.4 is 102 Å². The first-order chi connectivity index (χ1) is 66.4. The topological polar surface area (TPSA) is 755 Å². The monoisotopic (exact) mass is 1960 g/mol. The number of aliphatic carboxylic acids is 2. The van der Waals surface area contributed by atoms with Crippen LogP contribution in [0.3, 0.4) is 0 Å². The van der Waals surface area contributed by atoms with E-state index >= 15 is 19.2 Å². The van der Waals surface area contributed by atoms with Crippen molar-refractivity contribution < 1.29 is 131 Å². The summed E-state index contributed by atoms with van der Waals surface area (Å²) in [4.78, 5) is 296. The lowest BCUT2D eigenvalue weighted by Gasteiger charge is -2.31. The maximum absolute atomic E-state index is 15.1. The number of nitrogens with zero attached hydrogens (tertiary/aromatic N) is 1. The molecule has 2 aliphatic rings. The van der Waals surface area contributed by atoms with Crippen molar-refractivity contribution in [1.82, 2.24) is 100 Å². The van der Waals surface area contributed by atoms with E-state index in [4.69, 9.17) is 11.5 Å². The molecule has 5 aromatic rings. The number of nitrogens with two attached hydrogens (primary N) is 2. The summed E-state index contributed by atoms with van der Waals surface area (Å²) in [5, 5.41) is 103. The Morgan fingerprint density at radius 1 is 0.493 bits per heavy atom. The first-order valence-electron chi connectivity index (χ1n) is 45.6. The number of aliphatic hydroxyl groups excluding tert-OH is 2. The molecule has 0 radical (unpaired) electrons. The van der Waals surface area contributed by atoms with Gasteiger partial charge in [-0.1, -0.05) is 107 Å². The Hall–Kier alpha value is -15.2. The van der Waals surface area contributed by atoms with E-state index in [1.807, 2.05) is 0 Å². The largest absolute Gasteiger partial charge is 0.508 e. The SMILES string of the molecule is CCC(C)C1NC(=O)C2CCCN2C(=O)CNC(=O)C(CCCCN)NC(=O)CNC(=O)CNC(=O)CCC(C(=O)NC(C(=O)NC(Cc2c[nH]c3ccccc23)C(=O)NC(C(=O)NC(C(=O)NC(CCC(=O)O)C(=O)NCC(=O)NC(CC(N)=O)C(=O)NC(Cc2ccc(O)cc2)C(=O)NC(Cc2ccc(O)cc2)C(=O)NCC(=O)O)C(C)O)C(C)C)C(C)O)NC(=O)C(Cc2ccccc2)NC1=O. The number of benzene rings is 4. The number of carboxylic acids is 2. The van der Waals surface area contributed by atoms with Crippen LogP contribution in [0.4, 0.5) is 0 Å². The molecule has 48 heteroatoms. The maximum atomic E-state index is 15.1. The molecule has 48 nitrogen and oxygen atoms in total. The molecule has 0 spiro atoms. The van der Waals surface area contributed by atoms with Gasteiger partial charge in [-0.25, -0.2) is 0 Å². The summed E-state index contributed by atoms with van der Waals surface area (Å²) >= 11 is 0. The second-order valence-electron chi connectivity index (χ2n) is 34.4. The van der Waals surface area contributed by atoms with Gasteiger partial charge in [0, 0.05) is 62.2 Å². The second kappa shape index (κ2) is 55.2. The number of unbranched alkanes of at least 4 members (excludes halogenated alkanes) is 1. The highest BCUT2D eigenvalue weighted by Gasteiger charge is 2.43. The number of carboxylic acid groups (broad SMARTS) is 2. The molecule has 16 atom stereocenters. The molecule has 3 heterocycles. The van der Waals surface area contributed by atoms with Crippen LogP contribution in [-0.2, 0) is 126 Å². The number of phenols is 2. The molecule has 0 aliphatic carbocycles. The number of primary amides is 1. The summed E-state index contributed by atoms with van der Waals surface area (Å²) in [5.74, 6) is -25.1. The number of aromatic hydroxyl groups is 2. The minimum absolute atomic E-state index is 0.0612. The van der Waals surface area contributed by atoms with Gasteiger partial charge in [0.1, 0.15) is 96.6 Å². The number of hydrogen-bond acceptors (Lipinski definition) is 26. The minimum Gasteiger partial charge on any atom is -0.508 e. The zero-order valence-electron chi connectivity index (χ0n) is 78.1. The number of fused-ring (bicyclic) bond motifs is 2. The molecule has 28 N–H and O–H groups in total. The van der Waals surface area contributed by atoms with Gasteiger partial charge in [-0.05, 0) is 130 Å². The number of aromatic amines is 1. The predicted octanol–water partition coefficient (Wildman–Crippen LogP) is -6.55. The van der Waals surface area contributed by atoms with Gasteiger partial charge in [-0.2, -0.15) is 0 Å². The smallest absolute Gasteiger partial charge is 0.322 e. The molecule has 760 valence electrons. The van der Waals surface area contributed by atoms with E-state index in [-0.39, 0.29) is 56.7 Å². The van der Waals surface area contributed by atoms with Gasteiger partial charge in [-0.3, -0.25) is 101 Å². The normalized spacial score (nSPS) is 18.9. The molecule has 2 saturated heterocycles. The Kier molecular flexibility index (Phi) is 44.1. The molecule has 0 saturated carbocycles. The summed E-state index contributed by atoms with van der Waals surface area (Å²) in [5.41, 5.74) is 13.2. The lowest BCUT2D eigenvalue weighted by atomic mass is 9.96. The van der Waals surface area contributed by atoms with E-state index < -0.39 is 304 Å². The second-order valence-corrected chi connectivity index (χ2v) is 34.4. The van der Waals surface area contributed by atoms with Gasteiger partial charge in [0.2, 0.25) is 112 Å². The van der Waals surface area contributed by atoms with Crippen LogP contribution in [0.1, 0.15) is 134 Å². The van der Waals surface area contributed by atoms with Crippen molar-refractivity contribution >= 4 is 135 Å². The van der Waals surface area contributed by atoms with Crippen molar-refractivity contribution in [2.75, 3.05) is 45.8 Å². The number of carbonyl (C=O) groups is 21. The Balaban J connectivity index is 1.11. The maximum Gasteiger partial charge on any atom is 0.322 e. The van der Waals surface area contributed by atoms with Crippen molar-refractivity contribution in [3.05, 3.63) is 132 Å². The van der Waals surface area contributed by atoms with E-state index in [1.54, 1.807) is 68.4 Å². The van der Waals surface area contributed by atoms with Crippen LogP contribution in [-0.4, -0.2) is 301 Å². The Bertz CT molecular complexity index is 5230. The summed E-state index contributed by atoms with van der Waals surface area (Å²) in [6.07, 6.45) is -5.98. The third kappa shape index (κ3) is 36.0. The first-order valence-corrected chi connectivity index (χ1v) is 45.6. The zero-order chi connectivity index (χ0) is 103. The van der Waals surface area contributed by atoms with Crippen LogP contribution in [0.5, 0.6) is 11.5 Å². The molecular formula is C92H125N21O27. The van der Waals surface area contributed by atoms with Crippen LogP contribution in [0.2, 0.25) is 0 Å². The van der Waals surface area contributed by atoms with E-state index in [9.17, 15) is 112 Å². The van der Waals surface area contributed by atoms with Gasteiger partial charge >= 0.3 is 11.9 Å². The molecule has 140 heavy (non-hydrogen) atoms. The van der Waals surface area contributed by atoms with Gasteiger partial charge < -0.3 is 142 Å². The van der Waals surface area contributed by atoms with Gasteiger partial charge in [0.25, 0.3) is 0 Å². The van der Waals surface area contributed by atoms with Crippen LogP contribution in [0.15, 0.2) is 109 Å².